The number of ether oxygens (including phenoxy) is 1. The fourth-order valence-electron chi connectivity index (χ4n) is 4.22. The van der Waals surface area contributed by atoms with Crippen molar-refractivity contribution >= 4 is 27.5 Å². The number of sulfonamides is 1. The lowest BCUT2D eigenvalue weighted by atomic mass is 10.1. The molecule has 0 aromatic heterocycles. The van der Waals surface area contributed by atoms with Crippen LogP contribution in [0.3, 0.4) is 0 Å². The predicted molar refractivity (Wildman–Crippen MR) is 153 cm³/mol. The van der Waals surface area contributed by atoms with E-state index in [1.54, 1.807) is 38.1 Å². The summed E-state index contributed by atoms with van der Waals surface area (Å²) >= 11 is 0. The van der Waals surface area contributed by atoms with E-state index < -0.39 is 28.5 Å². The van der Waals surface area contributed by atoms with Crippen molar-refractivity contribution in [3.05, 3.63) is 89.0 Å². The van der Waals surface area contributed by atoms with Gasteiger partial charge in [0.1, 0.15) is 18.3 Å². The van der Waals surface area contributed by atoms with Crippen molar-refractivity contribution in [2.45, 2.75) is 52.1 Å². The molecule has 0 fully saturated rings. The van der Waals surface area contributed by atoms with E-state index in [0.717, 1.165) is 26.6 Å². The highest BCUT2D eigenvalue weighted by molar-refractivity contribution is 7.92. The second-order valence-electron chi connectivity index (χ2n) is 9.52. The maximum absolute atomic E-state index is 14.0. The zero-order chi connectivity index (χ0) is 28.7. The number of rotatable bonds is 11. The standard InChI is InChI=1S/C30H37N3O5S/c1-7-31-30(35)24(5)32(19-25-11-9-8-10-23(25)4)29(34)20-33(27-18-22(3)14-17-28(27)38-6)39(36,37)26-15-12-21(2)13-16-26/h8-18,24H,7,19-20H2,1-6H3,(H,31,35). The molecule has 0 heterocycles. The molecular formula is C30H37N3O5S. The van der Waals surface area contributed by atoms with Crippen molar-refractivity contribution in [3.63, 3.8) is 0 Å². The van der Waals surface area contributed by atoms with Crippen LogP contribution in [0.25, 0.3) is 0 Å². The van der Waals surface area contributed by atoms with Crippen LogP contribution in [0.4, 0.5) is 5.69 Å². The number of carbonyl (C=O) groups excluding carboxylic acids is 2. The third-order valence-corrected chi connectivity index (χ3v) is 8.39. The molecule has 3 aromatic carbocycles. The maximum atomic E-state index is 14.0. The van der Waals surface area contributed by atoms with Crippen molar-refractivity contribution in [2.75, 3.05) is 24.5 Å². The first-order valence-electron chi connectivity index (χ1n) is 12.8. The Morgan fingerprint density at radius 3 is 2.21 bits per heavy atom. The molecule has 3 aromatic rings. The number of carbonyl (C=O) groups is 2. The number of aryl methyl sites for hydroxylation is 3. The van der Waals surface area contributed by atoms with Gasteiger partial charge in [0.05, 0.1) is 17.7 Å². The molecule has 0 aliphatic heterocycles. The maximum Gasteiger partial charge on any atom is 0.264 e. The summed E-state index contributed by atoms with van der Waals surface area (Å²) in [6.45, 7) is 9.12. The third-order valence-electron chi connectivity index (χ3n) is 6.61. The van der Waals surface area contributed by atoms with Gasteiger partial charge in [0.2, 0.25) is 11.8 Å². The molecule has 0 aliphatic rings. The van der Waals surface area contributed by atoms with Gasteiger partial charge in [-0.2, -0.15) is 0 Å². The minimum atomic E-state index is -4.18. The Kier molecular flexibility index (Phi) is 9.75. The van der Waals surface area contributed by atoms with Gasteiger partial charge in [-0.3, -0.25) is 13.9 Å². The van der Waals surface area contributed by atoms with Gasteiger partial charge >= 0.3 is 0 Å². The molecule has 0 saturated heterocycles. The number of nitrogens with one attached hydrogen (secondary N) is 1. The van der Waals surface area contributed by atoms with Gasteiger partial charge < -0.3 is 15.0 Å². The molecule has 0 radical (unpaired) electrons. The number of benzene rings is 3. The number of likely N-dealkylation sites (N-methyl/N-ethyl adjacent to an activating group) is 1. The van der Waals surface area contributed by atoms with Gasteiger partial charge in [-0.25, -0.2) is 8.42 Å². The number of amides is 2. The average molecular weight is 552 g/mol. The van der Waals surface area contributed by atoms with Crippen molar-refractivity contribution in [1.82, 2.24) is 10.2 Å². The van der Waals surface area contributed by atoms with Crippen molar-refractivity contribution in [1.29, 1.82) is 0 Å². The molecule has 39 heavy (non-hydrogen) atoms. The van der Waals surface area contributed by atoms with E-state index in [1.807, 2.05) is 51.1 Å². The normalized spacial score (nSPS) is 11.9. The minimum absolute atomic E-state index is 0.0479. The van der Waals surface area contributed by atoms with Gasteiger partial charge in [-0.1, -0.05) is 48.0 Å². The Morgan fingerprint density at radius 2 is 1.59 bits per heavy atom. The van der Waals surface area contributed by atoms with E-state index in [4.69, 9.17) is 4.74 Å². The largest absolute Gasteiger partial charge is 0.495 e. The summed E-state index contributed by atoms with van der Waals surface area (Å²) in [7, 11) is -2.73. The quantitative estimate of drug-likeness (QED) is 0.382. The van der Waals surface area contributed by atoms with E-state index >= 15 is 0 Å². The molecule has 9 heteroatoms. The van der Waals surface area contributed by atoms with Crippen LogP contribution in [0, 0.1) is 20.8 Å². The predicted octanol–water partition coefficient (Wildman–Crippen LogP) is 4.37. The molecule has 0 bridgehead atoms. The van der Waals surface area contributed by atoms with Crippen LogP contribution in [0.2, 0.25) is 0 Å². The molecular weight excluding hydrogens is 514 g/mol. The Hall–Kier alpha value is -3.85. The summed E-state index contributed by atoms with van der Waals surface area (Å²) in [6, 6.07) is 18.4. The van der Waals surface area contributed by atoms with Crippen LogP contribution in [-0.2, 0) is 26.2 Å². The number of anilines is 1. The summed E-state index contributed by atoms with van der Waals surface area (Å²) in [5, 5.41) is 2.77. The van der Waals surface area contributed by atoms with Crippen molar-refractivity contribution in [2.24, 2.45) is 0 Å². The first-order chi connectivity index (χ1) is 18.5. The van der Waals surface area contributed by atoms with E-state index in [2.05, 4.69) is 5.32 Å². The van der Waals surface area contributed by atoms with Crippen LogP contribution in [0.5, 0.6) is 5.75 Å². The first kappa shape index (κ1) is 29.7. The highest BCUT2D eigenvalue weighted by Crippen LogP contribution is 2.34. The van der Waals surface area contributed by atoms with Gasteiger partial charge in [-0.05, 0) is 75.6 Å². The van der Waals surface area contributed by atoms with E-state index in [9.17, 15) is 18.0 Å². The Labute approximate surface area is 231 Å². The van der Waals surface area contributed by atoms with Crippen LogP contribution < -0.4 is 14.4 Å². The fraction of sp³-hybridized carbons (Fsp3) is 0.333. The summed E-state index contributed by atoms with van der Waals surface area (Å²) in [4.78, 5) is 28.3. The smallest absolute Gasteiger partial charge is 0.264 e. The van der Waals surface area contributed by atoms with Crippen LogP contribution in [0.1, 0.15) is 36.1 Å². The van der Waals surface area contributed by atoms with Gasteiger partial charge in [0.25, 0.3) is 10.0 Å². The molecule has 0 aliphatic carbocycles. The molecule has 1 N–H and O–H groups in total. The Balaban J connectivity index is 2.11. The highest BCUT2D eigenvalue weighted by atomic mass is 32.2. The molecule has 3 rings (SSSR count). The van der Waals surface area contributed by atoms with Crippen LogP contribution in [0.15, 0.2) is 71.6 Å². The molecule has 0 saturated carbocycles. The average Bonchev–Trinajstić information content (AvgIpc) is 2.91. The lowest BCUT2D eigenvalue weighted by Crippen LogP contribution is -2.51. The molecule has 1 atom stereocenters. The second kappa shape index (κ2) is 12.8. The van der Waals surface area contributed by atoms with E-state index in [1.165, 1.54) is 24.1 Å². The number of hydrogen-bond acceptors (Lipinski definition) is 5. The molecule has 208 valence electrons. The van der Waals surface area contributed by atoms with Crippen molar-refractivity contribution < 1.29 is 22.7 Å². The number of methoxy groups -OCH3 is 1. The zero-order valence-electron chi connectivity index (χ0n) is 23.4. The Bertz CT molecular complexity index is 1420. The van der Waals surface area contributed by atoms with E-state index in [0.29, 0.717) is 12.3 Å². The van der Waals surface area contributed by atoms with Gasteiger partial charge in [0, 0.05) is 13.1 Å². The highest BCUT2D eigenvalue weighted by Gasteiger charge is 2.34. The second-order valence-corrected chi connectivity index (χ2v) is 11.4. The van der Waals surface area contributed by atoms with E-state index in [-0.39, 0.29) is 23.0 Å². The molecule has 8 nitrogen and oxygen atoms in total. The zero-order valence-corrected chi connectivity index (χ0v) is 24.2. The lowest BCUT2D eigenvalue weighted by molar-refractivity contribution is -0.139. The van der Waals surface area contributed by atoms with Crippen molar-refractivity contribution in [3.8, 4) is 5.75 Å². The topological polar surface area (TPSA) is 96.0 Å². The van der Waals surface area contributed by atoms with Gasteiger partial charge in [-0.15, -0.1) is 0 Å². The molecule has 2 amide bonds. The summed E-state index contributed by atoms with van der Waals surface area (Å²) in [5.74, 6) is -0.525. The molecule has 0 spiro atoms. The minimum Gasteiger partial charge on any atom is -0.495 e. The molecule has 1 unspecified atom stereocenters. The SMILES string of the molecule is CCNC(=O)C(C)N(Cc1ccccc1C)C(=O)CN(c1cc(C)ccc1OC)S(=O)(=O)c1ccc(C)cc1. The monoisotopic (exact) mass is 551 g/mol. The number of hydrogen-bond donors (Lipinski definition) is 1. The first-order valence-corrected chi connectivity index (χ1v) is 14.3. The Morgan fingerprint density at radius 1 is 0.949 bits per heavy atom. The number of nitrogens with zero attached hydrogens (tertiary/aromatic N) is 2. The lowest BCUT2D eigenvalue weighted by Gasteiger charge is -2.32. The summed E-state index contributed by atoms with van der Waals surface area (Å²) in [5.41, 5.74) is 3.78. The van der Waals surface area contributed by atoms with Crippen LogP contribution >= 0.6 is 0 Å². The van der Waals surface area contributed by atoms with Gasteiger partial charge in [0.15, 0.2) is 0 Å². The summed E-state index contributed by atoms with van der Waals surface area (Å²) < 4.78 is 34.6. The summed E-state index contributed by atoms with van der Waals surface area (Å²) in [6.07, 6.45) is 0. The third kappa shape index (κ3) is 6.97. The fourth-order valence-corrected chi connectivity index (χ4v) is 5.64. The van der Waals surface area contributed by atoms with Crippen LogP contribution in [-0.4, -0.2) is 51.4 Å².